The number of aryl methyl sites for hydroxylation is 1. The van der Waals surface area contributed by atoms with E-state index in [-0.39, 0.29) is 5.82 Å². The van der Waals surface area contributed by atoms with E-state index in [2.05, 4.69) is 27.2 Å². The van der Waals surface area contributed by atoms with Crippen LogP contribution in [-0.4, -0.2) is 28.0 Å². The van der Waals surface area contributed by atoms with Crippen LogP contribution >= 0.6 is 0 Å². The third-order valence-electron chi connectivity index (χ3n) is 6.00. The highest BCUT2D eigenvalue weighted by molar-refractivity contribution is 5.85. The Bertz CT molecular complexity index is 1310. The van der Waals surface area contributed by atoms with E-state index in [1.54, 1.807) is 18.3 Å². The number of halogens is 1. The Hall–Kier alpha value is -3.64. The first-order chi connectivity index (χ1) is 16.6. The first kappa shape index (κ1) is 23.5. The number of pyridine rings is 1. The summed E-state index contributed by atoms with van der Waals surface area (Å²) in [5.74, 6) is 1.17. The Morgan fingerprint density at radius 2 is 1.94 bits per heavy atom. The van der Waals surface area contributed by atoms with E-state index >= 15 is 0 Å². The van der Waals surface area contributed by atoms with Crippen LogP contribution in [0.1, 0.15) is 37.2 Å². The molecule has 0 radical (unpaired) electrons. The number of anilines is 1. The van der Waals surface area contributed by atoms with Crippen molar-refractivity contribution in [2.24, 2.45) is 5.92 Å². The second-order valence-electron chi connectivity index (χ2n) is 8.45. The first-order valence-corrected chi connectivity index (χ1v) is 11.6. The van der Waals surface area contributed by atoms with E-state index in [0.29, 0.717) is 5.82 Å². The number of rotatable bonds is 8. The highest BCUT2D eigenvalue weighted by Gasteiger charge is 2.16. The summed E-state index contributed by atoms with van der Waals surface area (Å²) in [6.07, 6.45) is 13.4. The fourth-order valence-electron chi connectivity index (χ4n) is 3.84. The van der Waals surface area contributed by atoms with Crippen LogP contribution in [0.4, 0.5) is 10.2 Å². The highest BCUT2D eigenvalue weighted by atomic mass is 19.1. The average Bonchev–Trinajstić information content (AvgIpc) is 2.82. The SMILES string of the molecule is C=C(/C=c1/cc(N/C(=C/C)c2ccc(F)cc2)nc/c1=C/C)c1cncc(CCC2CNC2)n1. The van der Waals surface area contributed by atoms with E-state index in [0.717, 1.165) is 70.5 Å². The summed E-state index contributed by atoms with van der Waals surface area (Å²) in [6.45, 7) is 10.4. The number of nitrogens with one attached hydrogen (secondary N) is 2. The molecule has 34 heavy (non-hydrogen) atoms. The van der Waals surface area contributed by atoms with Crippen molar-refractivity contribution in [3.63, 3.8) is 0 Å². The van der Waals surface area contributed by atoms with Crippen molar-refractivity contribution in [3.05, 3.63) is 94.8 Å². The summed E-state index contributed by atoms with van der Waals surface area (Å²) >= 11 is 0. The molecule has 6 heteroatoms. The van der Waals surface area contributed by atoms with E-state index in [1.807, 2.05) is 50.5 Å². The van der Waals surface area contributed by atoms with E-state index in [1.165, 1.54) is 12.1 Å². The zero-order valence-corrected chi connectivity index (χ0v) is 19.7. The minimum Gasteiger partial charge on any atom is -0.340 e. The number of benzene rings is 1. The lowest BCUT2D eigenvalue weighted by atomic mass is 9.96. The third-order valence-corrected chi connectivity index (χ3v) is 6.00. The van der Waals surface area contributed by atoms with Gasteiger partial charge in [0.2, 0.25) is 0 Å². The van der Waals surface area contributed by atoms with Crippen LogP contribution in [0.3, 0.4) is 0 Å². The lowest BCUT2D eigenvalue weighted by Crippen LogP contribution is -2.42. The first-order valence-electron chi connectivity index (χ1n) is 11.6. The summed E-state index contributed by atoms with van der Waals surface area (Å²) in [4.78, 5) is 13.7. The molecule has 1 aliphatic heterocycles. The molecule has 1 saturated heterocycles. The zero-order valence-electron chi connectivity index (χ0n) is 19.7. The van der Waals surface area contributed by atoms with Crippen molar-refractivity contribution in [1.82, 2.24) is 20.3 Å². The normalized spacial score (nSPS) is 15.3. The molecule has 5 nitrogen and oxygen atoms in total. The third kappa shape index (κ3) is 5.83. The van der Waals surface area contributed by atoms with Crippen LogP contribution in [0.5, 0.6) is 0 Å². The molecule has 3 aromatic rings. The molecule has 2 aromatic heterocycles. The van der Waals surface area contributed by atoms with E-state index in [9.17, 15) is 4.39 Å². The van der Waals surface area contributed by atoms with Crippen LogP contribution < -0.4 is 21.1 Å². The van der Waals surface area contributed by atoms with Crippen molar-refractivity contribution in [1.29, 1.82) is 0 Å². The quantitative estimate of drug-likeness (QED) is 0.539. The van der Waals surface area contributed by atoms with Gasteiger partial charge in [-0.3, -0.25) is 4.98 Å². The molecule has 0 aliphatic carbocycles. The number of nitrogens with zero attached hydrogens (tertiary/aromatic N) is 3. The molecule has 0 unspecified atom stereocenters. The van der Waals surface area contributed by atoms with Crippen LogP contribution in [-0.2, 0) is 6.42 Å². The van der Waals surface area contributed by atoms with Crippen LogP contribution in [0.15, 0.2) is 61.6 Å². The smallest absolute Gasteiger partial charge is 0.130 e. The second-order valence-corrected chi connectivity index (χ2v) is 8.45. The Labute approximate surface area is 199 Å². The number of allylic oxidation sites excluding steroid dienone is 2. The van der Waals surface area contributed by atoms with Gasteiger partial charge in [-0.25, -0.2) is 14.4 Å². The highest BCUT2D eigenvalue weighted by Crippen LogP contribution is 2.17. The molecule has 4 rings (SSSR count). The topological polar surface area (TPSA) is 62.7 Å². The van der Waals surface area contributed by atoms with Gasteiger partial charge in [0.15, 0.2) is 0 Å². The molecule has 1 aliphatic rings. The monoisotopic (exact) mass is 455 g/mol. The van der Waals surface area contributed by atoms with Crippen molar-refractivity contribution in [2.75, 3.05) is 18.4 Å². The fraction of sp³-hybridized carbons (Fsp3) is 0.250. The molecular formula is C28H30FN5. The van der Waals surface area contributed by atoms with Gasteiger partial charge >= 0.3 is 0 Å². The molecule has 0 saturated carbocycles. The molecule has 0 bridgehead atoms. The minimum absolute atomic E-state index is 0.261. The number of hydrogen-bond acceptors (Lipinski definition) is 5. The number of hydrogen-bond donors (Lipinski definition) is 2. The lowest BCUT2D eigenvalue weighted by Gasteiger charge is -2.26. The molecule has 1 fully saturated rings. The zero-order chi connectivity index (χ0) is 23.9. The van der Waals surface area contributed by atoms with Gasteiger partial charge in [-0.2, -0.15) is 0 Å². The predicted molar refractivity (Wildman–Crippen MR) is 138 cm³/mol. The summed E-state index contributed by atoms with van der Waals surface area (Å²) in [7, 11) is 0. The maximum absolute atomic E-state index is 13.3. The van der Waals surface area contributed by atoms with Gasteiger partial charge < -0.3 is 10.6 Å². The van der Waals surface area contributed by atoms with Crippen molar-refractivity contribution in [3.8, 4) is 0 Å². The summed E-state index contributed by atoms with van der Waals surface area (Å²) in [6, 6.07) is 8.37. The van der Waals surface area contributed by atoms with Crippen molar-refractivity contribution < 1.29 is 4.39 Å². The molecule has 174 valence electrons. The maximum Gasteiger partial charge on any atom is 0.130 e. The molecule has 0 amide bonds. The van der Waals surface area contributed by atoms with Gasteiger partial charge in [0.05, 0.1) is 17.6 Å². The van der Waals surface area contributed by atoms with Crippen LogP contribution in [0.2, 0.25) is 0 Å². The predicted octanol–water partition coefficient (Wildman–Crippen LogP) is 3.93. The van der Waals surface area contributed by atoms with Gasteiger partial charge in [0.1, 0.15) is 11.6 Å². The summed E-state index contributed by atoms with van der Waals surface area (Å²) in [5.41, 5.74) is 4.31. The Morgan fingerprint density at radius 1 is 1.15 bits per heavy atom. The fourth-order valence-corrected chi connectivity index (χ4v) is 3.84. The van der Waals surface area contributed by atoms with Gasteiger partial charge in [-0.05, 0) is 91.5 Å². The van der Waals surface area contributed by atoms with Crippen molar-refractivity contribution >= 4 is 29.2 Å². The molecule has 1 aromatic carbocycles. The number of aromatic nitrogens is 3. The molecule has 2 N–H and O–H groups in total. The van der Waals surface area contributed by atoms with E-state index in [4.69, 9.17) is 4.98 Å². The Morgan fingerprint density at radius 3 is 2.62 bits per heavy atom. The van der Waals surface area contributed by atoms with Gasteiger partial charge in [0.25, 0.3) is 0 Å². The van der Waals surface area contributed by atoms with Gasteiger partial charge in [-0.15, -0.1) is 0 Å². The largest absolute Gasteiger partial charge is 0.340 e. The average molecular weight is 456 g/mol. The minimum atomic E-state index is -0.261. The summed E-state index contributed by atoms with van der Waals surface area (Å²) < 4.78 is 13.3. The Balaban J connectivity index is 1.57. The van der Waals surface area contributed by atoms with E-state index < -0.39 is 0 Å². The van der Waals surface area contributed by atoms with Crippen LogP contribution in [0, 0.1) is 11.7 Å². The standard InChI is InChI=1S/C28H30FN5/c1-4-21-16-32-28(34-26(5-2)22-7-9-24(29)10-8-22)13-23(21)12-19(3)27-18-31-17-25(33-27)11-6-20-14-30-15-20/h4-5,7-10,12-13,16-18,20,30,34H,3,6,11,14-15H2,1-2H3/b21-4-,23-12-,26-5+. The second kappa shape index (κ2) is 11.0. The molecular weight excluding hydrogens is 425 g/mol. The van der Waals surface area contributed by atoms with Crippen molar-refractivity contribution in [2.45, 2.75) is 26.7 Å². The van der Waals surface area contributed by atoms with Crippen LogP contribution in [0.25, 0.3) is 23.4 Å². The molecule has 0 atom stereocenters. The van der Waals surface area contributed by atoms with Gasteiger partial charge in [-0.1, -0.05) is 30.9 Å². The molecule has 0 spiro atoms. The molecule has 3 heterocycles. The van der Waals surface area contributed by atoms with Gasteiger partial charge in [0, 0.05) is 18.1 Å². The maximum atomic E-state index is 13.3. The Kier molecular flexibility index (Phi) is 7.60. The lowest BCUT2D eigenvalue weighted by molar-refractivity contribution is 0.327. The summed E-state index contributed by atoms with van der Waals surface area (Å²) in [5, 5.41) is 8.63.